The third kappa shape index (κ3) is 3.90. The van der Waals surface area contributed by atoms with Gasteiger partial charge in [-0.15, -0.1) is 0 Å². The molecule has 8 nitrogen and oxygen atoms in total. The van der Waals surface area contributed by atoms with Gasteiger partial charge in [-0.3, -0.25) is 19.2 Å². The van der Waals surface area contributed by atoms with Gasteiger partial charge in [0.2, 0.25) is 0 Å². The van der Waals surface area contributed by atoms with Gasteiger partial charge in [0.1, 0.15) is 11.5 Å². The van der Waals surface area contributed by atoms with Crippen molar-refractivity contribution in [2.75, 3.05) is 33.2 Å². The normalized spacial score (nSPS) is 20.6. The van der Waals surface area contributed by atoms with Gasteiger partial charge < -0.3 is 14.6 Å². The molecule has 8 heteroatoms. The van der Waals surface area contributed by atoms with E-state index in [1.165, 1.54) is 0 Å². The van der Waals surface area contributed by atoms with Crippen molar-refractivity contribution in [2.24, 2.45) is 5.92 Å². The first-order valence-corrected chi connectivity index (χ1v) is 9.46. The quantitative estimate of drug-likeness (QED) is 0.854. The Morgan fingerprint density at radius 3 is 3.07 bits per heavy atom. The molecule has 2 aliphatic rings. The van der Waals surface area contributed by atoms with Crippen molar-refractivity contribution in [3.63, 3.8) is 0 Å². The molecule has 2 aromatic heterocycles. The largest absolute Gasteiger partial charge is 0.468 e. The first-order valence-electron chi connectivity index (χ1n) is 9.46. The van der Waals surface area contributed by atoms with Crippen LogP contribution < -0.4 is 5.32 Å². The van der Waals surface area contributed by atoms with Gasteiger partial charge in [-0.2, -0.15) is 5.10 Å². The average Bonchev–Trinajstić information content (AvgIpc) is 3.33. The van der Waals surface area contributed by atoms with E-state index in [2.05, 4.69) is 15.3 Å². The number of amides is 2. The maximum Gasteiger partial charge on any atom is 0.271 e. The third-order valence-electron chi connectivity index (χ3n) is 5.34. The molecule has 0 spiro atoms. The summed E-state index contributed by atoms with van der Waals surface area (Å²) >= 11 is 0. The molecule has 0 saturated carbocycles. The van der Waals surface area contributed by atoms with E-state index >= 15 is 0 Å². The molecule has 27 heavy (non-hydrogen) atoms. The summed E-state index contributed by atoms with van der Waals surface area (Å²) in [5, 5.41) is 7.29. The Labute approximate surface area is 158 Å². The number of furan rings is 1. The molecule has 1 atom stereocenters. The summed E-state index contributed by atoms with van der Waals surface area (Å²) in [5.41, 5.74) is 0.799. The van der Waals surface area contributed by atoms with E-state index in [1.54, 1.807) is 29.0 Å². The SMILES string of the molecule is CN1CCn2nc(C(=O)NCC3CCCN(Cc4ccco4)C3)cc2C1=O. The van der Waals surface area contributed by atoms with Crippen LogP contribution in [0.3, 0.4) is 0 Å². The highest BCUT2D eigenvalue weighted by Gasteiger charge is 2.26. The van der Waals surface area contributed by atoms with Crippen LogP contribution >= 0.6 is 0 Å². The number of carbonyl (C=O) groups excluding carboxylic acids is 2. The van der Waals surface area contributed by atoms with Crippen molar-refractivity contribution in [2.45, 2.75) is 25.9 Å². The molecular weight excluding hydrogens is 346 g/mol. The summed E-state index contributed by atoms with van der Waals surface area (Å²) in [7, 11) is 1.76. The van der Waals surface area contributed by atoms with Gasteiger partial charge in [0.25, 0.3) is 11.8 Å². The summed E-state index contributed by atoms with van der Waals surface area (Å²) < 4.78 is 7.06. The minimum Gasteiger partial charge on any atom is -0.468 e. The van der Waals surface area contributed by atoms with Crippen molar-refractivity contribution in [1.82, 2.24) is 24.9 Å². The molecule has 2 aromatic rings. The summed E-state index contributed by atoms with van der Waals surface area (Å²) in [6.07, 6.45) is 3.91. The Hall–Kier alpha value is -2.61. The standard InChI is InChI=1S/C19H25N5O3/c1-22-7-8-24-17(19(22)26)10-16(21-24)18(25)20-11-14-4-2-6-23(12-14)13-15-5-3-9-27-15/h3,5,9-10,14H,2,4,6-8,11-13H2,1H3,(H,20,25). The number of carbonyl (C=O) groups is 2. The molecule has 2 amide bonds. The van der Waals surface area contributed by atoms with Crippen LogP contribution in [-0.4, -0.2) is 64.6 Å². The topological polar surface area (TPSA) is 83.6 Å². The number of fused-ring (bicyclic) bond motifs is 1. The lowest BCUT2D eigenvalue weighted by Crippen LogP contribution is -2.40. The smallest absolute Gasteiger partial charge is 0.271 e. The number of hydrogen-bond acceptors (Lipinski definition) is 5. The van der Waals surface area contributed by atoms with E-state index in [-0.39, 0.29) is 11.8 Å². The second-order valence-electron chi connectivity index (χ2n) is 7.40. The van der Waals surface area contributed by atoms with Crippen LogP contribution in [-0.2, 0) is 13.1 Å². The zero-order valence-electron chi connectivity index (χ0n) is 15.6. The Bertz CT molecular complexity index is 813. The highest BCUT2D eigenvalue weighted by molar-refractivity contribution is 5.98. The van der Waals surface area contributed by atoms with Crippen molar-refractivity contribution in [3.05, 3.63) is 41.6 Å². The van der Waals surface area contributed by atoms with Crippen LogP contribution in [0.2, 0.25) is 0 Å². The molecule has 4 rings (SSSR count). The predicted molar refractivity (Wildman–Crippen MR) is 98.2 cm³/mol. The van der Waals surface area contributed by atoms with Crippen molar-refractivity contribution in [3.8, 4) is 0 Å². The van der Waals surface area contributed by atoms with Crippen LogP contribution in [0, 0.1) is 5.92 Å². The fourth-order valence-corrected chi connectivity index (χ4v) is 3.82. The minimum atomic E-state index is -0.212. The van der Waals surface area contributed by atoms with Gasteiger partial charge in [0.05, 0.1) is 19.4 Å². The average molecular weight is 371 g/mol. The predicted octanol–water partition coefficient (Wildman–Crippen LogP) is 1.20. The van der Waals surface area contributed by atoms with Crippen LogP contribution in [0.4, 0.5) is 0 Å². The summed E-state index contributed by atoms with van der Waals surface area (Å²) in [4.78, 5) is 28.6. The second kappa shape index (κ2) is 7.56. The van der Waals surface area contributed by atoms with E-state index in [9.17, 15) is 9.59 Å². The first-order chi connectivity index (χ1) is 13.1. The van der Waals surface area contributed by atoms with Crippen molar-refractivity contribution in [1.29, 1.82) is 0 Å². The van der Waals surface area contributed by atoms with Crippen LogP contribution in [0.1, 0.15) is 39.6 Å². The van der Waals surface area contributed by atoms with Gasteiger partial charge in [0, 0.05) is 32.7 Å². The molecule has 1 unspecified atom stereocenters. The summed E-state index contributed by atoms with van der Waals surface area (Å²) in [5.74, 6) is 1.07. The summed E-state index contributed by atoms with van der Waals surface area (Å²) in [6, 6.07) is 5.49. The van der Waals surface area contributed by atoms with Crippen molar-refractivity contribution >= 4 is 11.8 Å². The molecule has 0 radical (unpaired) electrons. The second-order valence-corrected chi connectivity index (χ2v) is 7.40. The number of nitrogens with zero attached hydrogens (tertiary/aromatic N) is 4. The fraction of sp³-hybridized carbons (Fsp3) is 0.526. The molecule has 4 heterocycles. The molecule has 1 N–H and O–H groups in total. The fourth-order valence-electron chi connectivity index (χ4n) is 3.82. The van der Waals surface area contributed by atoms with E-state index in [0.29, 0.717) is 36.9 Å². The molecule has 0 aromatic carbocycles. The molecule has 0 bridgehead atoms. The van der Waals surface area contributed by atoms with Crippen LogP contribution in [0.15, 0.2) is 28.9 Å². The van der Waals surface area contributed by atoms with E-state index < -0.39 is 0 Å². The number of hydrogen-bond donors (Lipinski definition) is 1. The number of likely N-dealkylation sites (tertiary alicyclic amines) is 1. The monoisotopic (exact) mass is 371 g/mol. The molecule has 0 aliphatic carbocycles. The Morgan fingerprint density at radius 2 is 2.26 bits per heavy atom. The lowest BCUT2D eigenvalue weighted by Gasteiger charge is -2.32. The Balaban J connectivity index is 1.31. The molecule has 144 valence electrons. The number of nitrogens with one attached hydrogen (secondary N) is 1. The van der Waals surface area contributed by atoms with E-state index in [0.717, 1.165) is 38.2 Å². The number of aromatic nitrogens is 2. The summed E-state index contributed by atoms with van der Waals surface area (Å²) in [6.45, 7) is 4.64. The highest BCUT2D eigenvalue weighted by atomic mass is 16.3. The Kier molecular flexibility index (Phi) is 4.98. The lowest BCUT2D eigenvalue weighted by atomic mass is 9.98. The van der Waals surface area contributed by atoms with Gasteiger partial charge in [-0.05, 0) is 37.4 Å². The van der Waals surface area contributed by atoms with Crippen molar-refractivity contribution < 1.29 is 14.0 Å². The molecule has 1 fully saturated rings. The van der Waals surface area contributed by atoms with Gasteiger partial charge in [0.15, 0.2) is 5.69 Å². The maximum absolute atomic E-state index is 12.5. The van der Waals surface area contributed by atoms with E-state index in [1.807, 2.05) is 12.1 Å². The minimum absolute atomic E-state index is 0.0892. The zero-order valence-corrected chi connectivity index (χ0v) is 15.6. The van der Waals surface area contributed by atoms with Gasteiger partial charge in [-0.1, -0.05) is 0 Å². The zero-order chi connectivity index (χ0) is 18.8. The first kappa shape index (κ1) is 17.8. The molecule has 2 aliphatic heterocycles. The van der Waals surface area contributed by atoms with Crippen LogP contribution in [0.25, 0.3) is 0 Å². The number of piperidine rings is 1. The molecular formula is C19H25N5O3. The third-order valence-corrected chi connectivity index (χ3v) is 5.34. The lowest BCUT2D eigenvalue weighted by molar-refractivity contribution is 0.0742. The number of rotatable bonds is 5. The number of likely N-dealkylation sites (N-methyl/N-ethyl adjacent to an activating group) is 1. The van der Waals surface area contributed by atoms with Gasteiger partial charge >= 0.3 is 0 Å². The van der Waals surface area contributed by atoms with E-state index in [4.69, 9.17) is 4.42 Å². The molecule has 1 saturated heterocycles. The Morgan fingerprint density at radius 1 is 1.37 bits per heavy atom. The maximum atomic E-state index is 12.5. The van der Waals surface area contributed by atoms with Crippen LogP contribution in [0.5, 0.6) is 0 Å². The van der Waals surface area contributed by atoms with Gasteiger partial charge in [-0.25, -0.2) is 0 Å². The highest BCUT2D eigenvalue weighted by Crippen LogP contribution is 2.19.